The van der Waals surface area contributed by atoms with E-state index in [1.54, 1.807) is 6.20 Å². The standard InChI is InChI=1S/C15H16N4O/c1-2-5-16-15(20)11-4-3-10-6-14(19-13(10)7-11)12-8-17-18-9-12/h3-4,6-9,19H,2,5H2,1H3,(H,16,20)(H,17,18). The van der Waals surface area contributed by atoms with Crippen LogP contribution in [-0.2, 0) is 0 Å². The quantitative estimate of drug-likeness (QED) is 0.680. The number of carbonyl (C=O) groups is 1. The molecule has 2 heterocycles. The van der Waals surface area contributed by atoms with E-state index in [1.165, 1.54) is 0 Å². The van der Waals surface area contributed by atoms with Crippen LogP contribution in [0, 0.1) is 0 Å². The van der Waals surface area contributed by atoms with Gasteiger partial charge < -0.3 is 10.3 Å². The molecule has 0 aliphatic heterocycles. The number of carbonyl (C=O) groups excluding carboxylic acids is 1. The number of benzene rings is 1. The van der Waals surface area contributed by atoms with Crippen molar-refractivity contribution in [3.05, 3.63) is 42.2 Å². The molecule has 20 heavy (non-hydrogen) atoms. The highest BCUT2D eigenvalue weighted by Crippen LogP contribution is 2.24. The first-order chi connectivity index (χ1) is 9.78. The number of hydrogen-bond donors (Lipinski definition) is 3. The third-order valence-corrected chi connectivity index (χ3v) is 3.23. The van der Waals surface area contributed by atoms with Gasteiger partial charge >= 0.3 is 0 Å². The number of rotatable bonds is 4. The Balaban J connectivity index is 1.93. The minimum atomic E-state index is -0.0341. The van der Waals surface area contributed by atoms with E-state index in [0.717, 1.165) is 28.6 Å². The number of aromatic nitrogens is 3. The SMILES string of the molecule is CCCNC(=O)c1ccc2cc(-c3cn[nH]c3)[nH]c2c1. The van der Waals surface area contributed by atoms with Crippen molar-refractivity contribution < 1.29 is 4.79 Å². The summed E-state index contributed by atoms with van der Waals surface area (Å²) in [7, 11) is 0. The van der Waals surface area contributed by atoms with Crippen molar-refractivity contribution in [1.82, 2.24) is 20.5 Å². The number of aromatic amines is 2. The third kappa shape index (κ3) is 2.30. The summed E-state index contributed by atoms with van der Waals surface area (Å²) in [6, 6.07) is 7.73. The first-order valence-electron chi connectivity index (χ1n) is 6.68. The zero-order valence-corrected chi connectivity index (χ0v) is 11.2. The van der Waals surface area contributed by atoms with E-state index >= 15 is 0 Å². The van der Waals surface area contributed by atoms with E-state index in [4.69, 9.17) is 0 Å². The van der Waals surface area contributed by atoms with E-state index in [-0.39, 0.29) is 5.91 Å². The normalized spacial score (nSPS) is 10.8. The number of nitrogens with one attached hydrogen (secondary N) is 3. The molecular formula is C15H16N4O. The molecule has 3 aromatic rings. The van der Waals surface area contributed by atoms with Crippen molar-refractivity contribution in [2.45, 2.75) is 13.3 Å². The van der Waals surface area contributed by atoms with Crippen molar-refractivity contribution in [1.29, 1.82) is 0 Å². The molecule has 1 aromatic carbocycles. The number of amides is 1. The van der Waals surface area contributed by atoms with Gasteiger partial charge in [0.15, 0.2) is 0 Å². The molecule has 0 saturated heterocycles. The Morgan fingerprint density at radius 2 is 2.25 bits per heavy atom. The maximum absolute atomic E-state index is 11.9. The van der Waals surface area contributed by atoms with Crippen molar-refractivity contribution in [2.24, 2.45) is 0 Å². The van der Waals surface area contributed by atoms with Gasteiger partial charge in [-0.15, -0.1) is 0 Å². The largest absolute Gasteiger partial charge is 0.354 e. The molecule has 3 rings (SSSR count). The minimum Gasteiger partial charge on any atom is -0.354 e. The van der Waals surface area contributed by atoms with Gasteiger partial charge in [0.1, 0.15) is 0 Å². The summed E-state index contributed by atoms with van der Waals surface area (Å²) < 4.78 is 0. The molecule has 3 N–H and O–H groups in total. The zero-order valence-electron chi connectivity index (χ0n) is 11.2. The Morgan fingerprint density at radius 3 is 3.00 bits per heavy atom. The molecule has 0 fully saturated rings. The minimum absolute atomic E-state index is 0.0341. The summed E-state index contributed by atoms with van der Waals surface area (Å²) in [5, 5.41) is 10.7. The molecule has 1 amide bonds. The average molecular weight is 268 g/mol. The summed E-state index contributed by atoms with van der Waals surface area (Å²) in [4.78, 5) is 15.3. The average Bonchev–Trinajstić information content (AvgIpc) is 3.11. The zero-order chi connectivity index (χ0) is 13.9. The predicted molar refractivity (Wildman–Crippen MR) is 78.5 cm³/mol. The molecule has 0 unspecified atom stereocenters. The van der Waals surface area contributed by atoms with E-state index < -0.39 is 0 Å². The monoisotopic (exact) mass is 268 g/mol. The Labute approximate surface area is 116 Å². The predicted octanol–water partition coefficient (Wildman–Crippen LogP) is 2.70. The maximum Gasteiger partial charge on any atom is 0.251 e. The molecule has 0 aliphatic carbocycles. The van der Waals surface area contributed by atoms with Crippen LogP contribution in [0.2, 0.25) is 0 Å². The number of hydrogen-bond acceptors (Lipinski definition) is 2. The molecule has 5 nitrogen and oxygen atoms in total. The van der Waals surface area contributed by atoms with Crippen LogP contribution in [0.15, 0.2) is 36.7 Å². The summed E-state index contributed by atoms with van der Waals surface area (Å²) >= 11 is 0. The van der Waals surface area contributed by atoms with Gasteiger partial charge in [-0.25, -0.2) is 0 Å². The number of H-pyrrole nitrogens is 2. The molecule has 5 heteroatoms. The van der Waals surface area contributed by atoms with E-state index in [0.29, 0.717) is 12.1 Å². The third-order valence-electron chi connectivity index (χ3n) is 3.23. The van der Waals surface area contributed by atoms with Gasteiger partial charge in [0.25, 0.3) is 5.91 Å². The van der Waals surface area contributed by atoms with Crippen LogP contribution in [0.5, 0.6) is 0 Å². The molecule has 102 valence electrons. The lowest BCUT2D eigenvalue weighted by Gasteiger charge is -2.03. The maximum atomic E-state index is 11.9. The van der Waals surface area contributed by atoms with Gasteiger partial charge in [-0.05, 0) is 24.6 Å². The molecule has 0 radical (unpaired) electrons. The summed E-state index contributed by atoms with van der Waals surface area (Å²) in [6.07, 6.45) is 4.53. The molecule has 2 aromatic heterocycles. The molecule has 0 spiro atoms. The van der Waals surface area contributed by atoms with Crippen LogP contribution < -0.4 is 5.32 Å². The lowest BCUT2D eigenvalue weighted by atomic mass is 10.1. The number of nitrogens with zero attached hydrogens (tertiary/aromatic N) is 1. The molecule has 0 saturated carbocycles. The van der Waals surface area contributed by atoms with Gasteiger partial charge in [0.05, 0.1) is 6.20 Å². The molecule has 0 aliphatic rings. The number of fused-ring (bicyclic) bond motifs is 1. The summed E-state index contributed by atoms with van der Waals surface area (Å²) in [5.74, 6) is -0.0341. The summed E-state index contributed by atoms with van der Waals surface area (Å²) in [6.45, 7) is 2.73. The fourth-order valence-electron chi connectivity index (χ4n) is 2.16. The molecule has 0 atom stereocenters. The Hall–Kier alpha value is -2.56. The summed E-state index contributed by atoms with van der Waals surface area (Å²) in [5.41, 5.74) is 3.61. The van der Waals surface area contributed by atoms with Crippen LogP contribution in [0.4, 0.5) is 0 Å². The van der Waals surface area contributed by atoms with Gasteiger partial charge in [0, 0.05) is 40.5 Å². The van der Waals surface area contributed by atoms with Gasteiger partial charge in [-0.1, -0.05) is 13.0 Å². The van der Waals surface area contributed by atoms with Gasteiger partial charge in [-0.3, -0.25) is 9.89 Å². The van der Waals surface area contributed by atoms with Gasteiger partial charge in [-0.2, -0.15) is 5.10 Å². The Bertz CT molecular complexity index is 728. The highest BCUT2D eigenvalue weighted by Gasteiger charge is 2.08. The van der Waals surface area contributed by atoms with Crippen molar-refractivity contribution in [3.63, 3.8) is 0 Å². The van der Waals surface area contributed by atoms with Crippen molar-refractivity contribution >= 4 is 16.8 Å². The van der Waals surface area contributed by atoms with Crippen LogP contribution in [0.1, 0.15) is 23.7 Å². The Kier molecular flexibility index (Phi) is 3.25. The van der Waals surface area contributed by atoms with Crippen LogP contribution >= 0.6 is 0 Å². The lowest BCUT2D eigenvalue weighted by molar-refractivity contribution is 0.0954. The Morgan fingerprint density at radius 1 is 1.35 bits per heavy atom. The van der Waals surface area contributed by atoms with Crippen LogP contribution in [-0.4, -0.2) is 27.6 Å². The topological polar surface area (TPSA) is 73.6 Å². The lowest BCUT2D eigenvalue weighted by Crippen LogP contribution is -2.23. The highest BCUT2D eigenvalue weighted by molar-refractivity contribution is 5.98. The van der Waals surface area contributed by atoms with Gasteiger partial charge in [0.2, 0.25) is 0 Å². The first-order valence-corrected chi connectivity index (χ1v) is 6.68. The fourth-order valence-corrected chi connectivity index (χ4v) is 2.16. The first kappa shape index (κ1) is 12.5. The van der Waals surface area contributed by atoms with Crippen LogP contribution in [0.25, 0.3) is 22.2 Å². The second kappa shape index (κ2) is 5.21. The van der Waals surface area contributed by atoms with Crippen molar-refractivity contribution in [2.75, 3.05) is 6.54 Å². The second-order valence-electron chi connectivity index (χ2n) is 4.73. The van der Waals surface area contributed by atoms with E-state index in [1.807, 2.05) is 37.4 Å². The second-order valence-corrected chi connectivity index (χ2v) is 4.73. The van der Waals surface area contributed by atoms with Crippen molar-refractivity contribution in [3.8, 4) is 11.3 Å². The molecular weight excluding hydrogens is 252 g/mol. The van der Waals surface area contributed by atoms with E-state index in [9.17, 15) is 4.79 Å². The smallest absolute Gasteiger partial charge is 0.251 e. The van der Waals surface area contributed by atoms with E-state index in [2.05, 4.69) is 20.5 Å². The fraction of sp³-hybridized carbons (Fsp3) is 0.200. The van der Waals surface area contributed by atoms with Crippen LogP contribution in [0.3, 0.4) is 0 Å². The highest BCUT2D eigenvalue weighted by atomic mass is 16.1. The molecule has 0 bridgehead atoms.